The predicted octanol–water partition coefficient (Wildman–Crippen LogP) is 2.34. The van der Waals surface area contributed by atoms with Crippen molar-refractivity contribution in [1.29, 1.82) is 0 Å². The van der Waals surface area contributed by atoms with Crippen molar-refractivity contribution in [3.63, 3.8) is 0 Å². The Bertz CT molecular complexity index is 258. The topological polar surface area (TPSA) is 41.6 Å². The van der Waals surface area contributed by atoms with E-state index in [0.717, 1.165) is 26.1 Å². The zero-order valence-corrected chi connectivity index (χ0v) is 11.7. The Labute approximate surface area is 109 Å². The van der Waals surface area contributed by atoms with Crippen LogP contribution in [0.4, 0.5) is 9.18 Å². The Balaban J connectivity index is 2.03. The number of carbonyl (C=O) groups excluding carboxylic acids is 1. The van der Waals surface area contributed by atoms with Gasteiger partial charge in [0.25, 0.3) is 0 Å². The minimum Gasteiger partial charge on any atom is -0.444 e. The summed E-state index contributed by atoms with van der Waals surface area (Å²) in [7, 11) is 0. The van der Waals surface area contributed by atoms with Gasteiger partial charge >= 0.3 is 6.09 Å². The minimum atomic E-state index is -0.624. The number of ether oxygens (including phenoxy) is 1. The predicted molar refractivity (Wildman–Crippen MR) is 69.4 cm³/mol. The number of alkyl halides is 1. The van der Waals surface area contributed by atoms with Crippen LogP contribution in [0.25, 0.3) is 0 Å². The van der Waals surface area contributed by atoms with Gasteiger partial charge in [0.05, 0.1) is 0 Å². The van der Waals surface area contributed by atoms with Crippen molar-refractivity contribution in [1.82, 2.24) is 10.2 Å². The number of halogens is 1. The molecule has 106 valence electrons. The lowest BCUT2D eigenvalue weighted by Gasteiger charge is -2.28. The fraction of sp³-hybridized carbons (Fsp3) is 0.923. The molecule has 0 atom stereocenters. The molecule has 5 heteroatoms. The summed E-state index contributed by atoms with van der Waals surface area (Å²) in [5.41, 5.74) is -0.451. The second kappa shape index (κ2) is 6.92. The molecule has 1 aliphatic heterocycles. The average molecular weight is 260 g/mol. The molecule has 1 aliphatic rings. The first kappa shape index (κ1) is 15.2. The molecule has 1 amide bonds. The summed E-state index contributed by atoms with van der Waals surface area (Å²) in [6.45, 7) is 8.68. The second-order valence-corrected chi connectivity index (χ2v) is 5.80. The van der Waals surface area contributed by atoms with Gasteiger partial charge in [0.15, 0.2) is 0 Å². The number of hydrogen-bond acceptors (Lipinski definition) is 3. The first-order valence-electron chi connectivity index (χ1n) is 6.70. The van der Waals surface area contributed by atoms with E-state index in [1.54, 1.807) is 0 Å². The number of carbonyl (C=O) groups is 1. The molecule has 0 saturated carbocycles. The molecule has 4 nitrogen and oxygen atoms in total. The molecule has 0 aromatic carbocycles. The van der Waals surface area contributed by atoms with Gasteiger partial charge in [-0.2, -0.15) is 0 Å². The molecule has 0 aromatic heterocycles. The highest BCUT2D eigenvalue weighted by Gasteiger charge is 2.18. The van der Waals surface area contributed by atoms with Gasteiger partial charge < -0.3 is 15.0 Å². The van der Waals surface area contributed by atoms with E-state index in [2.05, 4.69) is 10.2 Å². The summed E-state index contributed by atoms with van der Waals surface area (Å²) in [4.78, 5) is 13.6. The van der Waals surface area contributed by atoms with Crippen molar-refractivity contribution in [2.75, 3.05) is 26.2 Å². The van der Waals surface area contributed by atoms with Crippen LogP contribution in [0.3, 0.4) is 0 Å². The number of nitrogens with zero attached hydrogens (tertiary/aromatic N) is 1. The van der Waals surface area contributed by atoms with Crippen LogP contribution in [0.5, 0.6) is 0 Å². The third-order valence-corrected chi connectivity index (χ3v) is 2.84. The van der Waals surface area contributed by atoms with Crippen LogP contribution in [0, 0.1) is 0 Å². The summed E-state index contributed by atoms with van der Waals surface area (Å²) in [6.07, 6.45) is 1.15. The monoisotopic (exact) mass is 260 g/mol. The number of hydrogen-bond donors (Lipinski definition) is 1. The van der Waals surface area contributed by atoms with Crippen LogP contribution >= 0.6 is 0 Å². The van der Waals surface area contributed by atoms with E-state index in [1.807, 2.05) is 20.8 Å². The largest absolute Gasteiger partial charge is 0.444 e. The SMILES string of the molecule is CC(C)(C)OC(=O)NCCCN1CCC(F)CC1. The van der Waals surface area contributed by atoms with E-state index in [0.29, 0.717) is 19.4 Å². The van der Waals surface area contributed by atoms with Crippen LogP contribution in [0.1, 0.15) is 40.0 Å². The van der Waals surface area contributed by atoms with E-state index in [-0.39, 0.29) is 6.09 Å². The number of piperidine rings is 1. The normalized spacial score (nSPS) is 18.7. The fourth-order valence-electron chi connectivity index (χ4n) is 1.93. The number of likely N-dealkylation sites (tertiary alicyclic amines) is 1. The molecule has 1 fully saturated rings. The van der Waals surface area contributed by atoms with Crippen molar-refractivity contribution in [3.05, 3.63) is 0 Å². The second-order valence-electron chi connectivity index (χ2n) is 5.80. The summed E-state index contributed by atoms with van der Waals surface area (Å²) in [5, 5.41) is 2.73. The van der Waals surface area contributed by atoms with E-state index in [4.69, 9.17) is 4.74 Å². The van der Waals surface area contributed by atoms with Crippen LogP contribution in [0.15, 0.2) is 0 Å². The highest BCUT2D eigenvalue weighted by Crippen LogP contribution is 2.13. The Morgan fingerprint density at radius 3 is 2.56 bits per heavy atom. The molecular formula is C13H25FN2O2. The third kappa shape index (κ3) is 6.79. The standard InChI is InChI=1S/C13H25FN2O2/c1-13(2,3)18-12(17)15-7-4-8-16-9-5-11(14)6-10-16/h11H,4-10H2,1-3H3,(H,15,17). The van der Waals surface area contributed by atoms with Gasteiger partial charge in [0.2, 0.25) is 0 Å². The smallest absolute Gasteiger partial charge is 0.407 e. The summed E-state index contributed by atoms with van der Waals surface area (Å²) >= 11 is 0. The van der Waals surface area contributed by atoms with Crippen molar-refractivity contribution < 1.29 is 13.9 Å². The van der Waals surface area contributed by atoms with Crippen molar-refractivity contribution in [3.8, 4) is 0 Å². The summed E-state index contributed by atoms with van der Waals surface area (Å²) in [6, 6.07) is 0. The fourth-order valence-corrected chi connectivity index (χ4v) is 1.93. The van der Waals surface area contributed by atoms with Gasteiger partial charge in [-0.3, -0.25) is 0 Å². The van der Waals surface area contributed by atoms with Crippen LogP contribution in [-0.4, -0.2) is 48.9 Å². The lowest BCUT2D eigenvalue weighted by molar-refractivity contribution is 0.0524. The number of alkyl carbamates (subject to hydrolysis) is 1. The van der Waals surface area contributed by atoms with Gasteiger partial charge in [-0.25, -0.2) is 9.18 Å². The molecule has 0 aliphatic carbocycles. The highest BCUT2D eigenvalue weighted by atomic mass is 19.1. The van der Waals surface area contributed by atoms with E-state index < -0.39 is 11.8 Å². The minimum absolute atomic E-state index is 0.370. The van der Waals surface area contributed by atoms with Gasteiger partial charge in [0, 0.05) is 19.6 Å². The van der Waals surface area contributed by atoms with Crippen molar-refractivity contribution in [2.24, 2.45) is 0 Å². The van der Waals surface area contributed by atoms with Gasteiger partial charge in [-0.05, 0) is 46.6 Å². The summed E-state index contributed by atoms with van der Waals surface area (Å²) < 4.78 is 18.0. The molecule has 1 rings (SSSR count). The Hall–Kier alpha value is -0.840. The highest BCUT2D eigenvalue weighted by molar-refractivity contribution is 5.67. The Morgan fingerprint density at radius 2 is 2.00 bits per heavy atom. The maximum Gasteiger partial charge on any atom is 0.407 e. The molecule has 18 heavy (non-hydrogen) atoms. The van der Waals surface area contributed by atoms with Crippen LogP contribution in [-0.2, 0) is 4.74 Å². The molecule has 1 saturated heterocycles. The number of nitrogens with one attached hydrogen (secondary N) is 1. The molecule has 0 unspecified atom stereocenters. The van der Waals surface area contributed by atoms with Crippen LogP contribution in [0.2, 0.25) is 0 Å². The average Bonchev–Trinajstić information content (AvgIpc) is 2.24. The Morgan fingerprint density at radius 1 is 1.39 bits per heavy atom. The first-order chi connectivity index (χ1) is 8.37. The van der Waals surface area contributed by atoms with Crippen molar-refractivity contribution in [2.45, 2.75) is 51.8 Å². The molecule has 0 spiro atoms. The molecule has 0 bridgehead atoms. The lowest BCUT2D eigenvalue weighted by Crippen LogP contribution is -2.37. The van der Waals surface area contributed by atoms with E-state index in [1.165, 1.54) is 0 Å². The van der Waals surface area contributed by atoms with E-state index >= 15 is 0 Å². The number of rotatable bonds is 4. The number of amides is 1. The van der Waals surface area contributed by atoms with Crippen molar-refractivity contribution >= 4 is 6.09 Å². The molecule has 0 radical (unpaired) electrons. The maximum atomic E-state index is 12.9. The van der Waals surface area contributed by atoms with Gasteiger partial charge in [-0.15, -0.1) is 0 Å². The van der Waals surface area contributed by atoms with Gasteiger partial charge in [-0.1, -0.05) is 0 Å². The summed E-state index contributed by atoms with van der Waals surface area (Å²) in [5.74, 6) is 0. The molecule has 1 heterocycles. The lowest BCUT2D eigenvalue weighted by atomic mass is 10.1. The van der Waals surface area contributed by atoms with Gasteiger partial charge in [0.1, 0.15) is 11.8 Å². The molecule has 0 aromatic rings. The molecular weight excluding hydrogens is 235 g/mol. The maximum absolute atomic E-state index is 12.9. The van der Waals surface area contributed by atoms with E-state index in [9.17, 15) is 9.18 Å². The molecule has 1 N–H and O–H groups in total. The first-order valence-corrected chi connectivity index (χ1v) is 6.70. The zero-order valence-electron chi connectivity index (χ0n) is 11.7. The third-order valence-electron chi connectivity index (χ3n) is 2.84. The Kier molecular flexibility index (Phi) is 5.85. The van der Waals surface area contributed by atoms with Crippen LogP contribution < -0.4 is 5.32 Å². The quantitative estimate of drug-likeness (QED) is 0.789. The zero-order chi connectivity index (χ0) is 13.6.